The van der Waals surface area contributed by atoms with Gasteiger partial charge in [-0.15, -0.1) is 16.4 Å². The maximum absolute atomic E-state index is 13.8. The summed E-state index contributed by atoms with van der Waals surface area (Å²) < 4.78 is 16.5. The number of aromatic nitrogens is 4. The van der Waals surface area contributed by atoms with Crippen LogP contribution in [0.2, 0.25) is 18.7 Å². The Hall–Kier alpha value is -3.86. The van der Waals surface area contributed by atoms with Gasteiger partial charge in [0.1, 0.15) is 21.9 Å². The van der Waals surface area contributed by atoms with Crippen LogP contribution in [0.15, 0.2) is 48.8 Å². The van der Waals surface area contributed by atoms with Gasteiger partial charge in [0.05, 0.1) is 49.4 Å². The molecule has 0 aliphatic carbocycles. The normalized spacial score (nSPS) is 14.4. The van der Waals surface area contributed by atoms with E-state index in [0.29, 0.717) is 78.8 Å². The first-order chi connectivity index (χ1) is 21.6. The molecule has 230 valence electrons. The molecule has 1 fully saturated rings. The van der Waals surface area contributed by atoms with Crippen molar-refractivity contribution in [3.63, 3.8) is 0 Å². The largest absolute Gasteiger partial charge is 0.465 e. The van der Waals surface area contributed by atoms with Crippen molar-refractivity contribution in [2.24, 2.45) is 0 Å². The van der Waals surface area contributed by atoms with Gasteiger partial charge in [-0.2, -0.15) is 5.26 Å². The summed E-state index contributed by atoms with van der Waals surface area (Å²) in [4.78, 5) is 17.1. The molecule has 45 heavy (non-hydrogen) atoms. The molecule has 2 aromatic carbocycles. The number of likely N-dealkylation sites (tertiary alicyclic amines) is 1. The van der Waals surface area contributed by atoms with Crippen molar-refractivity contribution >= 4 is 91.8 Å². The van der Waals surface area contributed by atoms with Gasteiger partial charge in [0.2, 0.25) is 0 Å². The van der Waals surface area contributed by atoms with Gasteiger partial charge in [-0.1, -0.05) is 51.6 Å². The summed E-state index contributed by atoms with van der Waals surface area (Å²) in [6, 6.07) is 10.9. The predicted octanol–water partition coefficient (Wildman–Crippen LogP) is 8.77. The molecule has 0 saturated carbocycles. The zero-order valence-corrected chi connectivity index (χ0v) is 26.8. The summed E-state index contributed by atoms with van der Waals surface area (Å²) in [5, 5.41) is 35.4. The number of hydrogen-bond acceptors (Lipinski definition) is 8. The highest BCUT2D eigenvalue weighted by atomic mass is 35.5. The number of benzene rings is 2. The van der Waals surface area contributed by atoms with E-state index in [2.05, 4.69) is 32.0 Å². The van der Waals surface area contributed by atoms with Crippen LogP contribution in [0, 0.1) is 17.1 Å². The van der Waals surface area contributed by atoms with Crippen molar-refractivity contribution in [1.29, 1.82) is 5.26 Å². The zero-order valence-electron chi connectivity index (χ0n) is 22.9. The minimum absolute atomic E-state index is 0.0248. The van der Waals surface area contributed by atoms with E-state index in [1.807, 2.05) is 6.20 Å². The van der Waals surface area contributed by atoms with Crippen LogP contribution in [0.25, 0.3) is 10.9 Å². The number of carboxylic acid groups (broad SMARTS) is 1. The van der Waals surface area contributed by atoms with Gasteiger partial charge in [0.25, 0.3) is 0 Å². The van der Waals surface area contributed by atoms with Crippen LogP contribution in [0.1, 0.15) is 41.7 Å². The molecule has 10 nitrogen and oxygen atoms in total. The molecular weight excluding hydrogens is 685 g/mol. The fourth-order valence-electron chi connectivity index (χ4n) is 5.23. The number of hydrogen-bond donors (Lipinski definition) is 3. The molecule has 4 heterocycles. The number of fused-ring (bicyclic) bond motifs is 1. The molecule has 3 N–H and O–H groups in total. The average Bonchev–Trinajstić information content (AvgIpc) is 3.64. The number of rotatable bonds is 7. The highest BCUT2D eigenvalue weighted by molar-refractivity contribution is 7.20. The Kier molecular flexibility index (Phi) is 8.90. The molecule has 1 amide bonds. The van der Waals surface area contributed by atoms with Crippen LogP contribution in [0.4, 0.5) is 26.2 Å². The number of piperidine rings is 1. The summed E-state index contributed by atoms with van der Waals surface area (Å²) in [5.41, 5.74) is 3.30. The maximum Gasteiger partial charge on any atom is 0.407 e. The molecule has 1 aliphatic heterocycles. The summed E-state index contributed by atoms with van der Waals surface area (Å²) in [5.74, 6) is -0.572. The number of nitriles is 1. The van der Waals surface area contributed by atoms with Gasteiger partial charge >= 0.3 is 6.09 Å². The number of carbonyl (C=O) groups is 1. The van der Waals surface area contributed by atoms with Crippen LogP contribution in [0.3, 0.4) is 0 Å². The second-order valence-electron chi connectivity index (χ2n) is 10.2. The summed E-state index contributed by atoms with van der Waals surface area (Å²) >= 11 is 26.9. The van der Waals surface area contributed by atoms with Crippen molar-refractivity contribution < 1.29 is 14.3 Å². The fourth-order valence-corrected chi connectivity index (χ4v) is 7.21. The molecule has 3 aromatic heterocycles. The Morgan fingerprint density at radius 3 is 2.53 bits per heavy atom. The van der Waals surface area contributed by atoms with Crippen LogP contribution in [0.5, 0.6) is 0 Å². The lowest BCUT2D eigenvalue weighted by atomic mass is 10.0. The Balaban J connectivity index is 1.38. The van der Waals surface area contributed by atoms with Gasteiger partial charge in [0, 0.05) is 41.6 Å². The first-order valence-corrected chi connectivity index (χ1v) is 15.8. The Labute approximate surface area is 279 Å². The number of halogens is 5. The highest BCUT2D eigenvalue weighted by Gasteiger charge is 2.28. The second kappa shape index (κ2) is 12.9. The van der Waals surface area contributed by atoms with Crippen LogP contribution in [-0.2, 0) is 0 Å². The first kappa shape index (κ1) is 31.1. The van der Waals surface area contributed by atoms with Crippen LogP contribution in [-0.4, -0.2) is 49.2 Å². The lowest BCUT2D eigenvalue weighted by molar-refractivity contribution is 0.123. The van der Waals surface area contributed by atoms with E-state index < -0.39 is 18.0 Å². The topological polar surface area (TPSA) is 132 Å². The molecule has 0 radical (unpaired) electrons. The minimum atomic E-state index is -0.938. The maximum atomic E-state index is 13.8. The number of nitrogens with zero attached hydrogens (tertiary/aromatic N) is 6. The molecule has 5 aromatic rings. The van der Waals surface area contributed by atoms with E-state index >= 15 is 0 Å². The number of amides is 1. The molecule has 0 bridgehead atoms. The Morgan fingerprint density at radius 1 is 1.11 bits per heavy atom. The van der Waals surface area contributed by atoms with E-state index in [9.17, 15) is 19.6 Å². The minimum Gasteiger partial charge on any atom is -0.465 e. The Morgan fingerprint density at radius 2 is 1.87 bits per heavy atom. The SMILES string of the molecule is N#Cc1cnc2c(Cl)cc(NC(c3cn(C4CCN(C(=O)O)CC4)nn3)c3cc(Cl)sc3Cl)cc2c1Nc1ccc(F)c(Cl)c1. The van der Waals surface area contributed by atoms with E-state index in [4.69, 9.17) is 46.4 Å². The third-order valence-electron chi connectivity index (χ3n) is 7.47. The predicted molar refractivity (Wildman–Crippen MR) is 174 cm³/mol. The van der Waals surface area contributed by atoms with Gasteiger partial charge < -0.3 is 20.6 Å². The number of anilines is 3. The number of nitrogens with one attached hydrogen (secondary N) is 2. The fraction of sp³-hybridized carbons (Fsp3) is 0.207. The zero-order chi connectivity index (χ0) is 31.8. The van der Waals surface area contributed by atoms with E-state index in [1.54, 1.807) is 22.9 Å². The molecule has 16 heteroatoms. The van der Waals surface area contributed by atoms with E-state index in [0.717, 1.165) is 0 Å². The third kappa shape index (κ3) is 6.45. The van der Waals surface area contributed by atoms with Crippen molar-refractivity contribution in [2.75, 3.05) is 23.7 Å². The molecule has 1 saturated heterocycles. The summed E-state index contributed by atoms with van der Waals surface area (Å²) in [6.07, 6.45) is 3.48. The standard InChI is InChI=1S/C29H21Cl4FN8O2S/c30-20-8-15(1-2-22(20)34)37-25-14(11-35)12-36-26-18(25)7-16(9-21(26)31)38-27(19-10-24(32)45-28(19)33)23-13-42(40-39-23)17-3-5-41(6-4-17)29(43)44/h1-2,7-10,12-13,17,27,38H,3-6H2,(H,36,37)(H,43,44). The van der Waals surface area contributed by atoms with Crippen molar-refractivity contribution in [3.8, 4) is 6.07 Å². The van der Waals surface area contributed by atoms with Crippen molar-refractivity contribution in [1.82, 2.24) is 24.9 Å². The molecule has 6 rings (SSSR count). The van der Waals surface area contributed by atoms with Gasteiger partial charge in [-0.05, 0) is 49.2 Å². The number of thiophene rings is 1. The van der Waals surface area contributed by atoms with Crippen LogP contribution < -0.4 is 10.6 Å². The van der Waals surface area contributed by atoms with Crippen molar-refractivity contribution in [3.05, 3.63) is 90.1 Å². The Bertz CT molecular complexity index is 1970. The highest BCUT2D eigenvalue weighted by Crippen LogP contribution is 2.41. The van der Waals surface area contributed by atoms with Gasteiger partial charge in [-0.3, -0.25) is 4.98 Å². The van der Waals surface area contributed by atoms with E-state index in [1.165, 1.54) is 40.6 Å². The quantitative estimate of drug-likeness (QED) is 0.153. The molecule has 1 aliphatic rings. The molecule has 1 unspecified atom stereocenters. The second-order valence-corrected chi connectivity index (χ2v) is 13.3. The van der Waals surface area contributed by atoms with Gasteiger partial charge in [0.15, 0.2) is 0 Å². The smallest absolute Gasteiger partial charge is 0.407 e. The third-order valence-corrected chi connectivity index (χ3v) is 9.57. The lowest BCUT2D eigenvalue weighted by Gasteiger charge is -2.29. The van der Waals surface area contributed by atoms with E-state index in [-0.39, 0.29) is 16.6 Å². The van der Waals surface area contributed by atoms with Crippen molar-refractivity contribution in [2.45, 2.75) is 24.9 Å². The van der Waals surface area contributed by atoms with Crippen LogP contribution >= 0.6 is 57.7 Å². The summed E-state index contributed by atoms with van der Waals surface area (Å²) in [6.45, 7) is 0.801. The number of pyridine rings is 1. The molecule has 1 atom stereocenters. The molecular formula is C29H21Cl4FN8O2S. The lowest BCUT2D eigenvalue weighted by Crippen LogP contribution is -2.38. The average molecular weight is 706 g/mol. The molecule has 0 spiro atoms. The van der Waals surface area contributed by atoms with Gasteiger partial charge in [-0.25, -0.2) is 13.9 Å². The summed E-state index contributed by atoms with van der Waals surface area (Å²) in [7, 11) is 0. The first-order valence-electron chi connectivity index (χ1n) is 13.5. The monoisotopic (exact) mass is 704 g/mol.